The SMILES string of the molecule is Cc1cccc(NO)c1CS(=O)(=O)NCCc1c(CCOc2ccc(C(=O)O)cc2)c2cc(Cl)ccc2n1C(c1ccccc1)c1ccccc1. The Labute approximate surface area is 302 Å². The summed E-state index contributed by atoms with van der Waals surface area (Å²) in [5.74, 6) is -0.781. The highest BCUT2D eigenvalue weighted by atomic mass is 35.5. The number of anilines is 1. The normalized spacial score (nSPS) is 11.6. The van der Waals surface area contributed by atoms with Gasteiger partial charge in [-0.2, -0.15) is 0 Å². The molecule has 0 bridgehead atoms. The van der Waals surface area contributed by atoms with Gasteiger partial charge < -0.3 is 14.4 Å². The molecular weight excluding hydrogens is 686 g/mol. The highest BCUT2D eigenvalue weighted by molar-refractivity contribution is 7.88. The van der Waals surface area contributed by atoms with Gasteiger partial charge in [-0.15, -0.1) is 0 Å². The van der Waals surface area contributed by atoms with Gasteiger partial charge in [-0.1, -0.05) is 84.4 Å². The summed E-state index contributed by atoms with van der Waals surface area (Å²) < 4.78 is 38.1. The maximum absolute atomic E-state index is 13.5. The second-order valence-electron chi connectivity index (χ2n) is 12.2. The van der Waals surface area contributed by atoms with Gasteiger partial charge in [0.15, 0.2) is 0 Å². The molecule has 51 heavy (non-hydrogen) atoms. The molecule has 0 aliphatic carbocycles. The molecule has 0 radical (unpaired) electrons. The van der Waals surface area contributed by atoms with Crippen LogP contribution >= 0.6 is 11.6 Å². The number of hydrogen-bond acceptors (Lipinski definition) is 6. The molecule has 9 nitrogen and oxygen atoms in total. The number of nitrogens with zero attached hydrogens (tertiary/aromatic N) is 1. The van der Waals surface area contributed by atoms with E-state index in [-0.39, 0.29) is 30.5 Å². The number of ether oxygens (including phenoxy) is 1. The molecule has 0 fully saturated rings. The molecule has 5 aromatic carbocycles. The molecule has 0 aliphatic heterocycles. The molecule has 0 saturated carbocycles. The topological polar surface area (TPSA) is 130 Å². The smallest absolute Gasteiger partial charge is 0.335 e. The molecule has 6 aromatic rings. The first kappa shape index (κ1) is 35.7. The van der Waals surface area contributed by atoms with Crippen molar-refractivity contribution in [3.05, 3.63) is 165 Å². The molecule has 11 heteroatoms. The van der Waals surface area contributed by atoms with Crippen molar-refractivity contribution < 1.29 is 28.3 Å². The Bertz CT molecular complexity index is 2200. The Hall–Kier alpha value is -5.13. The van der Waals surface area contributed by atoms with Gasteiger partial charge in [-0.25, -0.2) is 17.9 Å². The van der Waals surface area contributed by atoms with Crippen LogP contribution in [0.15, 0.2) is 121 Å². The van der Waals surface area contributed by atoms with Crippen LogP contribution in [0, 0.1) is 6.92 Å². The molecule has 4 N–H and O–H groups in total. The van der Waals surface area contributed by atoms with Gasteiger partial charge in [0.2, 0.25) is 10.0 Å². The van der Waals surface area contributed by atoms with Crippen LogP contribution in [0.5, 0.6) is 5.75 Å². The van der Waals surface area contributed by atoms with Gasteiger partial charge in [0.05, 0.1) is 29.7 Å². The second kappa shape index (κ2) is 15.8. The lowest BCUT2D eigenvalue weighted by Crippen LogP contribution is -2.29. The maximum Gasteiger partial charge on any atom is 0.335 e. The number of rotatable bonds is 15. The first-order valence-electron chi connectivity index (χ1n) is 16.5. The lowest BCUT2D eigenvalue weighted by molar-refractivity contribution is 0.0696. The predicted octanol–water partition coefficient (Wildman–Crippen LogP) is 8.02. The fraction of sp³-hybridized carbons (Fsp3) is 0.175. The van der Waals surface area contributed by atoms with Gasteiger partial charge in [0.25, 0.3) is 0 Å². The number of nitrogens with one attached hydrogen (secondary N) is 2. The van der Waals surface area contributed by atoms with Crippen LogP contribution in [0.25, 0.3) is 10.9 Å². The van der Waals surface area contributed by atoms with E-state index in [1.165, 1.54) is 12.1 Å². The van der Waals surface area contributed by atoms with E-state index in [0.29, 0.717) is 34.9 Å². The molecule has 0 spiro atoms. The van der Waals surface area contributed by atoms with E-state index in [1.54, 1.807) is 37.3 Å². The number of aromatic carboxylic acids is 1. The number of benzene rings is 5. The third-order valence-corrected chi connectivity index (χ3v) is 10.5. The average Bonchev–Trinajstić information content (AvgIpc) is 3.41. The van der Waals surface area contributed by atoms with E-state index < -0.39 is 16.0 Å². The summed E-state index contributed by atoms with van der Waals surface area (Å²) in [6.07, 6.45) is 0.820. The number of sulfonamides is 1. The number of hydrogen-bond donors (Lipinski definition) is 4. The van der Waals surface area contributed by atoms with E-state index in [9.17, 15) is 23.5 Å². The minimum absolute atomic E-state index is 0.112. The summed E-state index contributed by atoms with van der Waals surface area (Å²) in [4.78, 5) is 11.3. The lowest BCUT2D eigenvalue weighted by atomic mass is 9.97. The fourth-order valence-electron chi connectivity index (χ4n) is 6.54. The number of carboxylic acids is 1. The zero-order valence-electron chi connectivity index (χ0n) is 27.9. The Morgan fingerprint density at radius 2 is 1.51 bits per heavy atom. The Morgan fingerprint density at radius 1 is 0.843 bits per heavy atom. The molecule has 1 aromatic heterocycles. The Morgan fingerprint density at radius 3 is 2.14 bits per heavy atom. The monoisotopic (exact) mass is 723 g/mol. The lowest BCUT2D eigenvalue weighted by Gasteiger charge is -2.25. The quantitative estimate of drug-likeness (QED) is 0.0790. The van der Waals surface area contributed by atoms with Crippen molar-refractivity contribution in [2.45, 2.75) is 31.6 Å². The minimum Gasteiger partial charge on any atom is -0.493 e. The van der Waals surface area contributed by atoms with Crippen LogP contribution in [0.1, 0.15) is 49.9 Å². The Kier molecular flexibility index (Phi) is 11.1. The zero-order chi connectivity index (χ0) is 36.0. The molecule has 262 valence electrons. The Balaban J connectivity index is 1.40. The van der Waals surface area contributed by atoms with E-state index in [1.807, 2.05) is 54.6 Å². The third kappa shape index (κ3) is 8.27. The van der Waals surface area contributed by atoms with Gasteiger partial charge in [-0.05, 0) is 83.3 Å². The summed E-state index contributed by atoms with van der Waals surface area (Å²) in [6.45, 7) is 2.20. The van der Waals surface area contributed by atoms with Gasteiger partial charge >= 0.3 is 5.97 Å². The minimum atomic E-state index is -3.81. The number of aromatic nitrogens is 1. The van der Waals surface area contributed by atoms with Crippen LogP contribution < -0.4 is 14.9 Å². The van der Waals surface area contributed by atoms with Gasteiger partial charge in [-0.3, -0.25) is 10.7 Å². The van der Waals surface area contributed by atoms with Crippen LogP contribution in [0.3, 0.4) is 0 Å². The molecule has 1 heterocycles. The van der Waals surface area contributed by atoms with E-state index in [0.717, 1.165) is 38.9 Å². The van der Waals surface area contributed by atoms with E-state index >= 15 is 0 Å². The molecule has 0 aliphatic rings. The number of fused-ring (bicyclic) bond motifs is 1. The fourth-order valence-corrected chi connectivity index (χ4v) is 7.99. The number of carbonyl (C=O) groups is 1. The van der Waals surface area contributed by atoms with Crippen LogP contribution in [-0.4, -0.2) is 42.4 Å². The molecule has 0 unspecified atom stereocenters. The molecule has 0 atom stereocenters. The van der Waals surface area contributed by atoms with Crippen molar-refractivity contribution in [1.29, 1.82) is 0 Å². The number of halogens is 1. The van der Waals surface area contributed by atoms with Crippen molar-refractivity contribution in [2.24, 2.45) is 0 Å². The van der Waals surface area contributed by atoms with Crippen LogP contribution in [-0.2, 0) is 28.6 Å². The molecule has 6 rings (SSSR count). The summed E-state index contributed by atoms with van der Waals surface area (Å²) >= 11 is 6.61. The van der Waals surface area contributed by atoms with Crippen LogP contribution in [0.2, 0.25) is 5.02 Å². The summed E-state index contributed by atoms with van der Waals surface area (Å²) in [6, 6.07) is 37.3. The molecule has 0 saturated heterocycles. The first-order valence-corrected chi connectivity index (χ1v) is 18.5. The largest absolute Gasteiger partial charge is 0.493 e. The molecule has 0 amide bonds. The first-order chi connectivity index (χ1) is 24.6. The summed E-state index contributed by atoms with van der Waals surface area (Å²) in [7, 11) is -3.81. The van der Waals surface area contributed by atoms with Crippen molar-refractivity contribution in [3.63, 3.8) is 0 Å². The average molecular weight is 724 g/mol. The zero-order valence-corrected chi connectivity index (χ0v) is 29.5. The highest BCUT2D eigenvalue weighted by Gasteiger charge is 2.26. The predicted molar refractivity (Wildman–Crippen MR) is 201 cm³/mol. The summed E-state index contributed by atoms with van der Waals surface area (Å²) in [5.41, 5.74) is 8.79. The van der Waals surface area contributed by atoms with Crippen LogP contribution in [0.4, 0.5) is 5.69 Å². The maximum atomic E-state index is 13.5. The van der Waals surface area contributed by atoms with Crippen molar-refractivity contribution >= 4 is 44.2 Å². The van der Waals surface area contributed by atoms with E-state index in [2.05, 4.69) is 39.0 Å². The summed E-state index contributed by atoms with van der Waals surface area (Å²) in [5, 5.41) is 20.4. The third-order valence-electron chi connectivity index (χ3n) is 8.94. The van der Waals surface area contributed by atoms with E-state index in [4.69, 9.17) is 16.3 Å². The van der Waals surface area contributed by atoms with Crippen molar-refractivity contribution in [1.82, 2.24) is 9.29 Å². The van der Waals surface area contributed by atoms with Crippen molar-refractivity contribution in [3.8, 4) is 5.75 Å². The van der Waals surface area contributed by atoms with Gasteiger partial charge in [0, 0.05) is 41.0 Å². The second-order valence-corrected chi connectivity index (χ2v) is 14.5. The standard InChI is InChI=1S/C40H38ClN3O6S/c1-27-9-8-14-36(43-47)35(27)26-51(48,49)42-23-21-38-33(22-24-50-32-18-15-30(16-19-32)40(45)46)34-25-31(41)17-20-37(34)44(38)39(28-10-4-2-5-11-28)29-12-6-3-7-13-29/h2-20,25,39,42-43,47H,21-24,26H2,1H3,(H,45,46). The number of aryl methyl sites for hydroxylation is 1. The number of carboxylic acid groups (broad SMARTS) is 1. The highest BCUT2D eigenvalue weighted by Crippen LogP contribution is 2.38. The van der Waals surface area contributed by atoms with Gasteiger partial charge in [0.1, 0.15) is 5.75 Å². The molecular formula is C40H38ClN3O6S. The van der Waals surface area contributed by atoms with Crippen molar-refractivity contribution in [2.75, 3.05) is 18.6 Å².